The second kappa shape index (κ2) is 5.24. The first-order valence-electron chi connectivity index (χ1n) is 6.21. The van der Waals surface area contributed by atoms with Crippen LogP contribution in [0, 0.1) is 3.57 Å². The van der Waals surface area contributed by atoms with Crippen molar-refractivity contribution in [1.82, 2.24) is 4.90 Å². The predicted molar refractivity (Wildman–Crippen MR) is 83.7 cm³/mol. The van der Waals surface area contributed by atoms with Crippen molar-refractivity contribution in [3.63, 3.8) is 0 Å². The first-order chi connectivity index (χ1) is 8.33. The zero-order valence-corrected chi connectivity index (χ0v) is 12.8. The fourth-order valence-corrected chi connectivity index (χ4v) is 3.96. The molecule has 2 aromatic rings. The van der Waals surface area contributed by atoms with Gasteiger partial charge in [0.05, 0.1) is 0 Å². The minimum Gasteiger partial charge on any atom is -0.299 e. The van der Waals surface area contributed by atoms with E-state index in [4.69, 9.17) is 0 Å². The number of halogens is 1. The Morgan fingerprint density at radius 2 is 2.00 bits per heavy atom. The molecular formula is C14H16INS. The number of hydrogen-bond donors (Lipinski definition) is 0. The number of hydrogen-bond acceptors (Lipinski definition) is 2. The molecule has 1 aliphatic heterocycles. The van der Waals surface area contributed by atoms with Gasteiger partial charge >= 0.3 is 0 Å². The van der Waals surface area contributed by atoms with E-state index in [2.05, 4.69) is 51.1 Å². The molecule has 1 fully saturated rings. The van der Waals surface area contributed by atoms with Gasteiger partial charge in [0.1, 0.15) is 0 Å². The van der Waals surface area contributed by atoms with E-state index < -0.39 is 0 Å². The zero-order chi connectivity index (χ0) is 11.7. The summed E-state index contributed by atoms with van der Waals surface area (Å²) in [6, 6.07) is 6.78. The number of rotatable bonds is 2. The summed E-state index contributed by atoms with van der Waals surface area (Å²) < 4.78 is 2.77. The Bertz CT molecular complexity index is 514. The maximum Gasteiger partial charge on any atom is 0.0346 e. The Morgan fingerprint density at radius 1 is 1.18 bits per heavy atom. The fourth-order valence-electron chi connectivity index (χ4n) is 2.53. The highest BCUT2D eigenvalue weighted by atomic mass is 127. The van der Waals surface area contributed by atoms with Gasteiger partial charge in [0.25, 0.3) is 0 Å². The molecule has 3 rings (SSSR count). The number of thiophene rings is 1. The molecule has 1 nitrogen and oxygen atoms in total. The normalized spacial score (nSPS) is 17.7. The maximum absolute atomic E-state index is 2.60. The molecule has 0 atom stereocenters. The van der Waals surface area contributed by atoms with Gasteiger partial charge in [0.15, 0.2) is 0 Å². The molecule has 1 saturated heterocycles. The van der Waals surface area contributed by atoms with Crippen LogP contribution in [0.4, 0.5) is 0 Å². The van der Waals surface area contributed by atoms with Crippen LogP contribution in [0.25, 0.3) is 10.1 Å². The van der Waals surface area contributed by atoms with Crippen molar-refractivity contribution in [2.75, 3.05) is 13.1 Å². The lowest BCUT2D eigenvalue weighted by Crippen LogP contribution is -2.28. The first kappa shape index (κ1) is 11.9. The van der Waals surface area contributed by atoms with E-state index in [1.807, 2.05) is 11.3 Å². The molecule has 0 N–H and O–H groups in total. The lowest BCUT2D eigenvalue weighted by Gasteiger charge is -2.26. The van der Waals surface area contributed by atoms with E-state index >= 15 is 0 Å². The SMILES string of the molecule is Ic1ccc2scc(CN3CCCCC3)c2c1. The quantitative estimate of drug-likeness (QED) is 0.716. The molecule has 1 aromatic carbocycles. The topological polar surface area (TPSA) is 3.24 Å². The molecule has 0 bridgehead atoms. The maximum atomic E-state index is 2.60. The highest BCUT2D eigenvalue weighted by molar-refractivity contribution is 14.1. The lowest BCUT2D eigenvalue weighted by atomic mass is 10.1. The van der Waals surface area contributed by atoms with Crippen LogP contribution in [0.2, 0.25) is 0 Å². The van der Waals surface area contributed by atoms with Crippen LogP contribution in [0.1, 0.15) is 24.8 Å². The van der Waals surface area contributed by atoms with Gasteiger partial charge < -0.3 is 0 Å². The monoisotopic (exact) mass is 357 g/mol. The zero-order valence-electron chi connectivity index (χ0n) is 9.79. The van der Waals surface area contributed by atoms with Crippen molar-refractivity contribution in [2.45, 2.75) is 25.8 Å². The van der Waals surface area contributed by atoms with Crippen LogP contribution < -0.4 is 0 Å². The van der Waals surface area contributed by atoms with Gasteiger partial charge in [-0.3, -0.25) is 4.90 Å². The van der Waals surface area contributed by atoms with Crippen molar-refractivity contribution in [2.24, 2.45) is 0 Å². The summed E-state index contributed by atoms with van der Waals surface area (Å²) in [5, 5.41) is 3.81. The third kappa shape index (κ3) is 2.66. The average molecular weight is 357 g/mol. The van der Waals surface area contributed by atoms with E-state index in [1.54, 1.807) is 0 Å². The Morgan fingerprint density at radius 3 is 2.82 bits per heavy atom. The van der Waals surface area contributed by atoms with Gasteiger partial charge in [0, 0.05) is 14.8 Å². The summed E-state index contributed by atoms with van der Waals surface area (Å²) in [4.78, 5) is 2.60. The first-order valence-corrected chi connectivity index (χ1v) is 8.17. The highest BCUT2D eigenvalue weighted by Gasteiger charge is 2.12. The molecule has 17 heavy (non-hydrogen) atoms. The lowest BCUT2D eigenvalue weighted by molar-refractivity contribution is 0.222. The molecule has 0 spiro atoms. The number of nitrogens with zero attached hydrogens (tertiary/aromatic N) is 1. The van der Waals surface area contributed by atoms with Crippen LogP contribution in [0.3, 0.4) is 0 Å². The molecule has 90 valence electrons. The van der Waals surface area contributed by atoms with E-state index in [9.17, 15) is 0 Å². The molecule has 3 heteroatoms. The molecule has 1 aromatic heterocycles. The fraction of sp³-hybridized carbons (Fsp3) is 0.429. The molecule has 2 heterocycles. The van der Waals surface area contributed by atoms with E-state index in [0.717, 1.165) is 6.54 Å². The summed E-state index contributed by atoms with van der Waals surface area (Å²) in [5.41, 5.74) is 1.52. The molecule has 0 radical (unpaired) electrons. The molecular weight excluding hydrogens is 341 g/mol. The molecule has 0 unspecified atom stereocenters. The van der Waals surface area contributed by atoms with Crippen molar-refractivity contribution in [1.29, 1.82) is 0 Å². The summed E-state index contributed by atoms with van der Waals surface area (Å²) >= 11 is 4.29. The highest BCUT2D eigenvalue weighted by Crippen LogP contribution is 2.29. The predicted octanol–water partition coefficient (Wildman–Crippen LogP) is 4.49. The van der Waals surface area contributed by atoms with E-state index in [1.165, 1.54) is 51.6 Å². The summed E-state index contributed by atoms with van der Waals surface area (Å²) in [5.74, 6) is 0. The Hall–Kier alpha value is -0.130. The van der Waals surface area contributed by atoms with Crippen molar-refractivity contribution in [3.8, 4) is 0 Å². The van der Waals surface area contributed by atoms with Crippen molar-refractivity contribution < 1.29 is 0 Å². The van der Waals surface area contributed by atoms with Crippen LogP contribution in [-0.4, -0.2) is 18.0 Å². The number of fused-ring (bicyclic) bond motifs is 1. The summed E-state index contributed by atoms with van der Waals surface area (Å²) in [7, 11) is 0. The largest absolute Gasteiger partial charge is 0.299 e. The minimum absolute atomic E-state index is 1.14. The molecule has 0 saturated carbocycles. The van der Waals surface area contributed by atoms with Gasteiger partial charge in [-0.15, -0.1) is 11.3 Å². The van der Waals surface area contributed by atoms with Crippen LogP contribution in [-0.2, 0) is 6.54 Å². The summed E-state index contributed by atoms with van der Waals surface area (Å²) in [6.45, 7) is 3.70. The number of piperidine rings is 1. The van der Waals surface area contributed by atoms with Gasteiger partial charge in [-0.25, -0.2) is 0 Å². The average Bonchev–Trinajstić information content (AvgIpc) is 2.73. The van der Waals surface area contributed by atoms with Crippen molar-refractivity contribution >= 4 is 44.0 Å². The number of benzene rings is 1. The Kier molecular flexibility index (Phi) is 3.68. The van der Waals surface area contributed by atoms with Gasteiger partial charge in [-0.2, -0.15) is 0 Å². The smallest absolute Gasteiger partial charge is 0.0346 e. The Labute approximate surface area is 120 Å². The summed E-state index contributed by atoms with van der Waals surface area (Å²) in [6.07, 6.45) is 4.16. The van der Waals surface area contributed by atoms with E-state index in [0.29, 0.717) is 0 Å². The standard InChI is InChI=1S/C14H16INS/c15-12-4-5-14-13(8-12)11(10-17-14)9-16-6-2-1-3-7-16/h4-5,8,10H,1-3,6-7,9H2. The van der Waals surface area contributed by atoms with Crippen LogP contribution in [0.5, 0.6) is 0 Å². The van der Waals surface area contributed by atoms with Gasteiger partial charge in [-0.05, 0) is 83.1 Å². The second-order valence-corrected chi connectivity index (χ2v) is 6.90. The molecule has 0 amide bonds. The molecule has 1 aliphatic rings. The number of likely N-dealkylation sites (tertiary alicyclic amines) is 1. The van der Waals surface area contributed by atoms with E-state index in [-0.39, 0.29) is 0 Å². The third-order valence-corrected chi connectivity index (χ3v) is 5.14. The van der Waals surface area contributed by atoms with Crippen molar-refractivity contribution in [3.05, 3.63) is 32.7 Å². The van der Waals surface area contributed by atoms with Gasteiger partial charge in [-0.1, -0.05) is 6.42 Å². The van der Waals surface area contributed by atoms with Crippen LogP contribution >= 0.6 is 33.9 Å². The Balaban J connectivity index is 1.86. The molecule has 0 aliphatic carbocycles. The second-order valence-electron chi connectivity index (χ2n) is 4.74. The minimum atomic E-state index is 1.14. The van der Waals surface area contributed by atoms with Gasteiger partial charge in [0.2, 0.25) is 0 Å². The van der Waals surface area contributed by atoms with Crippen LogP contribution in [0.15, 0.2) is 23.6 Å². The third-order valence-electron chi connectivity index (χ3n) is 3.46.